The minimum Gasteiger partial charge on any atom is -0.406 e. The first-order chi connectivity index (χ1) is 12.7. The van der Waals surface area contributed by atoms with Gasteiger partial charge in [-0.15, -0.1) is 13.2 Å². The average Bonchev–Trinajstić information content (AvgIpc) is 2.80. The highest BCUT2D eigenvalue weighted by molar-refractivity contribution is 9.10. The number of pyridine rings is 1. The molecule has 0 radical (unpaired) electrons. The topological polar surface area (TPSA) is 62.7 Å². The SMILES string of the molecule is CC1C(=O)N(c2ccc(OC(F)(F)F)cc2)C(=O)N1Cc1ccncc1Br. The van der Waals surface area contributed by atoms with Gasteiger partial charge in [0.05, 0.1) is 5.69 Å². The fourth-order valence-corrected chi connectivity index (χ4v) is 3.04. The molecule has 1 aromatic heterocycles. The summed E-state index contributed by atoms with van der Waals surface area (Å²) in [5.41, 5.74) is 0.941. The maximum absolute atomic E-state index is 12.7. The standard InChI is InChI=1S/C17H13BrF3N3O3/c1-10-15(25)24(12-2-4-13(5-3-12)27-17(19,20)21)16(26)23(10)9-11-6-7-22-8-14(11)18/h2-8,10H,9H2,1H3. The highest BCUT2D eigenvalue weighted by Crippen LogP contribution is 2.30. The van der Waals surface area contributed by atoms with Gasteiger partial charge in [-0.25, -0.2) is 9.69 Å². The van der Waals surface area contributed by atoms with E-state index < -0.39 is 30.1 Å². The molecule has 2 heterocycles. The van der Waals surface area contributed by atoms with E-state index in [0.717, 1.165) is 22.6 Å². The Hall–Kier alpha value is -2.62. The molecule has 0 N–H and O–H groups in total. The van der Waals surface area contributed by atoms with Crippen molar-refractivity contribution in [2.75, 3.05) is 4.90 Å². The Morgan fingerprint density at radius 1 is 1.19 bits per heavy atom. The van der Waals surface area contributed by atoms with Crippen molar-refractivity contribution in [2.45, 2.75) is 25.9 Å². The molecule has 1 aliphatic rings. The molecule has 10 heteroatoms. The van der Waals surface area contributed by atoms with E-state index in [-0.39, 0.29) is 12.2 Å². The molecule has 1 fully saturated rings. The van der Waals surface area contributed by atoms with Crippen molar-refractivity contribution in [3.05, 3.63) is 52.8 Å². The molecule has 0 spiro atoms. The summed E-state index contributed by atoms with van der Waals surface area (Å²) in [5.74, 6) is -0.898. The number of aromatic nitrogens is 1. The third kappa shape index (κ3) is 4.05. The molecule has 27 heavy (non-hydrogen) atoms. The van der Waals surface area contributed by atoms with E-state index in [1.807, 2.05) is 0 Å². The van der Waals surface area contributed by atoms with Crippen molar-refractivity contribution in [3.63, 3.8) is 0 Å². The Morgan fingerprint density at radius 2 is 1.85 bits per heavy atom. The Morgan fingerprint density at radius 3 is 2.44 bits per heavy atom. The monoisotopic (exact) mass is 443 g/mol. The molecule has 1 aromatic carbocycles. The van der Waals surface area contributed by atoms with Crippen molar-refractivity contribution in [1.29, 1.82) is 0 Å². The lowest BCUT2D eigenvalue weighted by Gasteiger charge is -2.20. The molecule has 142 valence electrons. The molecule has 0 bridgehead atoms. The number of halogens is 4. The highest BCUT2D eigenvalue weighted by atomic mass is 79.9. The van der Waals surface area contributed by atoms with E-state index in [9.17, 15) is 22.8 Å². The number of alkyl halides is 3. The van der Waals surface area contributed by atoms with Crippen LogP contribution in [0.4, 0.5) is 23.7 Å². The van der Waals surface area contributed by atoms with Gasteiger partial charge in [-0.05, 0) is 58.7 Å². The third-order valence-electron chi connectivity index (χ3n) is 4.01. The summed E-state index contributed by atoms with van der Waals surface area (Å²) in [6.07, 6.45) is -1.66. The van der Waals surface area contributed by atoms with Gasteiger partial charge >= 0.3 is 12.4 Å². The normalized spacial score (nSPS) is 17.6. The van der Waals surface area contributed by atoms with Crippen LogP contribution in [0.25, 0.3) is 0 Å². The maximum atomic E-state index is 12.7. The lowest BCUT2D eigenvalue weighted by atomic mass is 10.2. The summed E-state index contributed by atoms with van der Waals surface area (Å²) in [6, 6.07) is 5.02. The van der Waals surface area contributed by atoms with Gasteiger partial charge in [0.15, 0.2) is 0 Å². The smallest absolute Gasteiger partial charge is 0.406 e. The molecule has 1 atom stereocenters. The van der Waals surface area contributed by atoms with Crippen LogP contribution in [-0.2, 0) is 11.3 Å². The number of benzene rings is 1. The van der Waals surface area contributed by atoms with E-state index in [1.165, 1.54) is 17.0 Å². The lowest BCUT2D eigenvalue weighted by molar-refractivity contribution is -0.274. The highest BCUT2D eigenvalue weighted by Gasteiger charge is 2.43. The average molecular weight is 444 g/mol. The summed E-state index contributed by atoms with van der Waals surface area (Å²) >= 11 is 3.35. The number of anilines is 1. The van der Waals surface area contributed by atoms with E-state index in [4.69, 9.17) is 0 Å². The number of carbonyl (C=O) groups is 2. The predicted octanol–water partition coefficient (Wildman–Crippen LogP) is 4.10. The Balaban J connectivity index is 1.82. The second kappa shape index (κ2) is 7.18. The first kappa shape index (κ1) is 19.2. The second-order valence-corrected chi connectivity index (χ2v) is 6.62. The molecule has 3 amide bonds. The molecule has 6 nitrogen and oxygen atoms in total. The van der Waals surface area contributed by atoms with Gasteiger partial charge in [-0.2, -0.15) is 0 Å². The van der Waals surface area contributed by atoms with Crippen LogP contribution in [0.2, 0.25) is 0 Å². The van der Waals surface area contributed by atoms with E-state index in [0.29, 0.717) is 4.47 Å². The Bertz CT molecular complexity index is 874. The first-order valence-electron chi connectivity index (χ1n) is 7.76. The van der Waals surface area contributed by atoms with Crippen molar-refractivity contribution in [1.82, 2.24) is 9.88 Å². The van der Waals surface area contributed by atoms with Crippen LogP contribution in [0, 0.1) is 0 Å². The van der Waals surface area contributed by atoms with Crippen molar-refractivity contribution < 1.29 is 27.5 Å². The van der Waals surface area contributed by atoms with Crippen LogP contribution in [0.5, 0.6) is 5.75 Å². The molecule has 1 unspecified atom stereocenters. The minimum absolute atomic E-state index is 0.169. The third-order valence-corrected chi connectivity index (χ3v) is 4.72. The zero-order chi connectivity index (χ0) is 19.8. The van der Waals surface area contributed by atoms with E-state index in [2.05, 4.69) is 25.7 Å². The number of ether oxygens (including phenoxy) is 1. The number of carbonyl (C=O) groups excluding carboxylic acids is 2. The first-order valence-corrected chi connectivity index (χ1v) is 8.55. The lowest BCUT2D eigenvalue weighted by Crippen LogP contribution is -2.33. The Labute approximate surface area is 160 Å². The van der Waals surface area contributed by atoms with Crippen molar-refractivity contribution >= 4 is 33.6 Å². The minimum atomic E-state index is -4.82. The second-order valence-electron chi connectivity index (χ2n) is 5.77. The molecule has 2 aromatic rings. The van der Waals surface area contributed by atoms with Gasteiger partial charge in [0.25, 0.3) is 5.91 Å². The molecule has 1 aliphatic heterocycles. The van der Waals surface area contributed by atoms with Gasteiger partial charge < -0.3 is 9.64 Å². The summed E-state index contributed by atoms with van der Waals surface area (Å²) in [4.78, 5) is 31.6. The summed E-state index contributed by atoms with van der Waals surface area (Å²) < 4.78 is 41.3. The van der Waals surface area contributed by atoms with Crippen LogP contribution in [0.3, 0.4) is 0 Å². The van der Waals surface area contributed by atoms with Crippen LogP contribution in [0.1, 0.15) is 12.5 Å². The quantitative estimate of drug-likeness (QED) is 0.667. The largest absolute Gasteiger partial charge is 0.573 e. The van der Waals surface area contributed by atoms with Gasteiger partial charge in [-0.1, -0.05) is 0 Å². The number of imide groups is 1. The number of rotatable bonds is 4. The van der Waals surface area contributed by atoms with Crippen LogP contribution in [-0.4, -0.2) is 34.2 Å². The number of urea groups is 1. The summed E-state index contributed by atoms with van der Waals surface area (Å²) in [5, 5.41) is 0. The zero-order valence-electron chi connectivity index (χ0n) is 13.9. The van der Waals surface area contributed by atoms with E-state index >= 15 is 0 Å². The molecule has 0 saturated carbocycles. The summed E-state index contributed by atoms with van der Waals surface area (Å²) in [6.45, 7) is 1.77. The molecule has 1 saturated heterocycles. The fraction of sp³-hybridized carbons (Fsp3) is 0.235. The molecular formula is C17H13BrF3N3O3. The van der Waals surface area contributed by atoms with Crippen LogP contribution >= 0.6 is 15.9 Å². The van der Waals surface area contributed by atoms with Gasteiger partial charge in [0.1, 0.15) is 11.8 Å². The number of nitrogens with zero attached hydrogens (tertiary/aromatic N) is 3. The fourth-order valence-electron chi connectivity index (χ4n) is 2.66. The number of hydrogen-bond donors (Lipinski definition) is 0. The molecule has 3 rings (SSSR count). The molecule has 0 aliphatic carbocycles. The number of hydrogen-bond acceptors (Lipinski definition) is 4. The van der Waals surface area contributed by atoms with Crippen LogP contribution < -0.4 is 9.64 Å². The van der Waals surface area contributed by atoms with Gasteiger partial charge in [-0.3, -0.25) is 9.78 Å². The predicted molar refractivity (Wildman–Crippen MR) is 92.9 cm³/mol. The van der Waals surface area contributed by atoms with Gasteiger partial charge in [0, 0.05) is 23.4 Å². The van der Waals surface area contributed by atoms with Crippen molar-refractivity contribution in [3.8, 4) is 5.75 Å². The van der Waals surface area contributed by atoms with Crippen molar-refractivity contribution in [2.24, 2.45) is 0 Å². The number of amides is 3. The van der Waals surface area contributed by atoms with Gasteiger partial charge in [0.2, 0.25) is 0 Å². The van der Waals surface area contributed by atoms with Crippen LogP contribution in [0.15, 0.2) is 47.2 Å². The summed E-state index contributed by atoms with van der Waals surface area (Å²) in [7, 11) is 0. The molecular weight excluding hydrogens is 431 g/mol. The Kier molecular flexibility index (Phi) is 5.09. The van der Waals surface area contributed by atoms with E-state index in [1.54, 1.807) is 25.4 Å². The maximum Gasteiger partial charge on any atom is 0.573 e. The zero-order valence-corrected chi connectivity index (χ0v) is 15.5.